The number of hydrogen-bond donors (Lipinski definition) is 1. The number of nitrogens with one attached hydrogen (secondary N) is 1. The van der Waals surface area contributed by atoms with Crippen molar-refractivity contribution in [3.8, 4) is 5.69 Å². The van der Waals surface area contributed by atoms with E-state index in [-0.39, 0.29) is 11.9 Å². The van der Waals surface area contributed by atoms with Gasteiger partial charge in [0.2, 0.25) is 0 Å². The van der Waals surface area contributed by atoms with Crippen LogP contribution in [-0.2, 0) is 0 Å². The Labute approximate surface area is 151 Å². The molecule has 7 nitrogen and oxygen atoms in total. The monoisotopic (exact) mass is 351 g/mol. The third-order valence-corrected chi connectivity index (χ3v) is 4.69. The van der Waals surface area contributed by atoms with E-state index in [0.29, 0.717) is 12.2 Å². The van der Waals surface area contributed by atoms with Crippen LogP contribution in [0.25, 0.3) is 5.69 Å². The third kappa shape index (κ3) is 3.39. The second kappa shape index (κ2) is 7.53. The maximum absolute atomic E-state index is 12.7. The van der Waals surface area contributed by atoms with Crippen molar-refractivity contribution in [2.45, 2.75) is 18.9 Å². The number of para-hydroxylation sites is 1. The minimum absolute atomic E-state index is 0.0394. The molecule has 1 aliphatic rings. The molecule has 3 heterocycles. The summed E-state index contributed by atoms with van der Waals surface area (Å²) in [5.41, 5.74) is 1.22. The molecule has 26 heavy (non-hydrogen) atoms. The molecule has 1 amide bonds. The van der Waals surface area contributed by atoms with Gasteiger partial charge in [0.05, 0.1) is 24.2 Å². The molecular formula is C19H21N5O2. The highest BCUT2D eigenvalue weighted by molar-refractivity contribution is 5.92. The number of furan rings is 1. The average molecular weight is 351 g/mol. The fraction of sp³-hybridized carbons (Fsp3) is 0.316. The Morgan fingerprint density at radius 3 is 2.69 bits per heavy atom. The van der Waals surface area contributed by atoms with E-state index >= 15 is 0 Å². The van der Waals surface area contributed by atoms with Crippen molar-refractivity contribution >= 4 is 5.91 Å². The van der Waals surface area contributed by atoms with Gasteiger partial charge in [0.15, 0.2) is 5.69 Å². The van der Waals surface area contributed by atoms with E-state index in [4.69, 9.17) is 4.42 Å². The van der Waals surface area contributed by atoms with E-state index in [2.05, 4.69) is 20.5 Å². The van der Waals surface area contributed by atoms with Gasteiger partial charge in [0, 0.05) is 6.54 Å². The Bertz CT molecular complexity index is 838. The molecule has 3 aromatic rings. The fourth-order valence-electron chi connectivity index (χ4n) is 3.37. The SMILES string of the molecule is O=C(NC[C@H](c1ccco1)N1CCCC1)c1cnnn1-c1ccccc1. The van der Waals surface area contributed by atoms with Gasteiger partial charge in [-0.2, -0.15) is 0 Å². The van der Waals surface area contributed by atoms with Crippen molar-refractivity contribution in [2.75, 3.05) is 19.6 Å². The zero-order chi connectivity index (χ0) is 17.8. The van der Waals surface area contributed by atoms with Crippen molar-refractivity contribution in [3.05, 3.63) is 66.4 Å². The first-order chi connectivity index (χ1) is 12.8. The van der Waals surface area contributed by atoms with Crippen LogP contribution in [0.3, 0.4) is 0 Å². The molecule has 0 saturated carbocycles. The first-order valence-electron chi connectivity index (χ1n) is 8.85. The number of carbonyl (C=O) groups is 1. The van der Waals surface area contributed by atoms with Gasteiger partial charge in [0.25, 0.3) is 5.91 Å². The number of aromatic nitrogens is 3. The van der Waals surface area contributed by atoms with Gasteiger partial charge < -0.3 is 9.73 Å². The topological polar surface area (TPSA) is 76.2 Å². The molecule has 134 valence electrons. The molecule has 1 aliphatic heterocycles. The molecule has 2 aromatic heterocycles. The van der Waals surface area contributed by atoms with Crippen LogP contribution in [0.4, 0.5) is 0 Å². The van der Waals surface area contributed by atoms with Crippen molar-refractivity contribution in [1.29, 1.82) is 0 Å². The Morgan fingerprint density at radius 1 is 1.15 bits per heavy atom. The van der Waals surface area contributed by atoms with Crippen molar-refractivity contribution in [3.63, 3.8) is 0 Å². The number of nitrogens with zero attached hydrogens (tertiary/aromatic N) is 4. The predicted molar refractivity (Wildman–Crippen MR) is 95.9 cm³/mol. The molecule has 1 N–H and O–H groups in total. The van der Waals surface area contributed by atoms with Gasteiger partial charge in [-0.3, -0.25) is 9.69 Å². The number of amides is 1. The molecule has 1 atom stereocenters. The molecule has 0 bridgehead atoms. The van der Waals surface area contributed by atoms with Crippen molar-refractivity contribution in [1.82, 2.24) is 25.2 Å². The molecule has 0 radical (unpaired) electrons. The van der Waals surface area contributed by atoms with Gasteiger partial charge in [0.1, 0.15) is 5.76 Å². The highest BCUT2D eigenvalue weighted by Crippen LogP contribution is 2.25. The summed E-state index contributed by atoms with van der Waals surface area (Å²) in [4.78, 5) is 15.1. The third-order valence-electron chi connectivity index (χ3n) is 4.69. The minimum atomic E-state index is -0.199. The highest BCUT2D eigenvalue weighted by Gasteiger charge is 2.26. The molecule has 7 heteroatoms. The number of benzene rings is 1. The molecule has 1 fully saturated rings. The standard InChI is InChI=1S/C19H21N5O2/c25-19(17-14-21-22-24(17)15-7-2-1-3-8-15)20-13-16(18-9-6-12-26-18)23-10-4-5-11-23/h1-3,6-9,12,14,16H,4-5,10-11,13H2,(H,20,25)/t16-/m1/s1. The Hall–Kier alpha value is -2.93. The second-order valence-corrected chi connectivity index (χ2v) is 6.35. The van der Waals surface area contributed by atoms with Gasteiger partial charge in [-0.1, -0.05) is 23.4 Å². The van der Waals surface area contributed by atoms with E-state index in [1.165, 1.54) is 19.0 Å². The Balaban J connectivity index is 1.49. The van der Waals surface area contributed by atoms with Crippen LogP contribution < -0.4 is 5.32 Å². The highest BCUT2D eigenvalue weighted by atomic mass is 16.3. The predicted octanol–water partition coefficient (Wildman–Crippen LogP) is 2.43. The lowest BCUT2D eigenvalue weighted by Crippen LogP contribution is -2.37. The fourth-order valence-corrected chi connectivity index (χ4v) is 3.37. The summed E-state index contributed by atoms with van der Waals surface area (Å²) >= 11 is 0. The van der Waals surface area contributed by atoms with Crippen LogP contribution >= 0.6 is 0 Å². The van der Waals surface area contributed by atoms with Gasteiger partial charge in [-0.05, 0) is 50.2 Å². The van der Waals surface area contributed by atoms with E-state index in [9.17, 15) is 4.79 Å². The van der Waals surface area contributed by atoms with E-state index < -0.39 is 0 Å². The zero-order valence-corrected chi connectivity index (χ0v) is 14.4. The summed E-state index contributed by atoms with van der Waals surface area (Å²) in [7, 11) is 0. The van der Waals surface area contributed by atoms with Crippen LogP contribution in [0.2, 0.25) is 0 Å². The summed E-state index contributed by atoms with van der Waals surface area (Å²) in [6.07, 6.45) is 5.51. The van der Waals surface area contributed by atoms with Crippen molar-refractivity contribution < 1.29 is 9.21 Å². The molecule has 0 spiro atoms. The Morgan fingerprint density at radius 2 is 1.96 bits per heavy atom. The van der Waals surface area contributed by atoms with E-state index in [1.807, 2.05) is 42.5 Å². The molecule has 0 aliphatic carbocycles. The number of likely N-dealkylation sites (tertiary alicyclic amines) is 1. The second-order valence-electron chi connectivity index (χ2n) is 6.35. The summed E-state index contributed by atoms with van der Waals surface area (Å²) in [6, 6.07) is 13.4. The average Bonchev–Trinajstić information content (AvgIpc) is 3.44. The van der Waals surface area contributed by atoms with Crippen LogP contribution in [0.5, 0.6) is 0 Å². The van der Waals surface area contributed by atoms with Crippen LogP contribution in [0, 0.1) is 0 Å². The lowest BCUT2D eigenvalue weighted by atomic mass is 10.2. The van der Waals surface area contributed by atoms with Gasteiger partial charge in [-0.15, -0.1) is 5.10 Å². The number of carbonyl (C=O) groups excluding carboxylic acids is 1. The summed E-state index contributed by atoms with van der Waals surface area (Å²) in [6.45, 7) is 2.52. The van der Waals surface area contributed by atoms with Crippen molar-refractivity contribution in [2.24, 2.45) is 0 Å². The maximum atomic E-state index is 12.7. The summed E-state index contributed by atoms with van der Waals surface area (Å²) in [5, 5.41) is 11.0. The summed E-state index contributed by atoms with van der Waals surface area (Å²) in [5.74, 6) is 0.677. The zero-order valence-electron chi connectivity index (χ0n) is 14.4. The number of rotatable bonds is 6. The van der Waals surface area contributed by atoms with Crippen LogP contribution in [-0.4, -0.2) is 45.4 Å². The normalized spacial score (nSPS) is 15.8. The molecule has 1 aromatic carbocycles. The largest absolute Gasteiger partial charge is 0.468 e. The molecule has 1 saturated heterocycles. The first kappa shape index (κ1) is 16.5. The molecule has 0 unspecified atom stereocenters. The smallest absolute Gasteiger partial charge is 0.271 e. The first-order valence-corrected chi connectivity index (χ1v) is 8.85. The quantitative estimate of drug-likeness (QED) is 0.738. The minimum Gasteiger partial charge on any atom is -0.468 e. The van der Waals surface area contributed by atoms with Crippen LogP contribution in [0.15, 0.2) is 59.3 Å². The summed E-state index contributed by atoms with van der Waals surface area (Å²) < 4.78 is 7.15. The van der Waals surface area contributed by atoms with E-state index in [1.54, 1.807) is 10.9 Å². The maximum Gasteiger partial charge on any atom is 0.271 e. The van der Waals surface area contributed by atoms with Gasteiger partial charge >= 0.3 is 0 Å². The Kier molecular flexibility index (Phi) is 4.79. The molecule has 4 rings (SSSR count). The van der Waals surface area contributed by atoms with Gasteiger partial charge in [-0.25, -0.2) is 4.68 Å². The lowest BCUT2D eigenvalue weighted by molar-refractivity contribution is 0.0926. The molecular weight excluding hydrogens is 330 g/mol. The lowest BCUT2D eigenvalue weighted by Gasteiger charge is -2.25. The van der Waals surface area contributed by atoms with E-state index in [0.717, 1.165) is 24.5 Å². The number of hydrogen-bond acceptors (Lipinski definition) is 5. The van der Waals surface area contributed by atoms with Crippen LogP contribution in [0.1, 0.15) is 35.1 Å².